The van der Waals surface area contributed by atoms with E-state index in [2.05, 4.69) is 39.0 Å². The van der Waals surface area contributed by atoms with Crippen LogP contribution in [0.2, 0.25) is 0 Å². The first kappa shape index (κ1) is 67.3. The molecule has 1 aromatic rings. The molecule has 0 amide bonds. The van der Waals surface area contributed by atoms with E-state index in [1.165, 1.54) is 283 Å². The molecule has 0 aromatic heterocycles. The first-order valence-corrected chi connectivity index (χ1v) is 32.1. The van der Waals surface area contributed by atoms with Crippen LogP contribution in [0.5, 0.6) is 11.5 Å². The molecule has 0 saturated heterocycles. The van der Waals surface area contributed by atoms with Crippen molar-refractivity contribution in [3.05, 3.63) is 23.8 Å². The van der Waals surface area contributed by atoms with Crippen LogP contribution >= 0.6 is 0 Å². The minimum atomic E-state index is -1.01. The van der Waals surface area contributed by atoms with Crippen LogP contribution < -0.4 is 9.47 Å². The molecule has 71 heavy (non-hydrogen) atoms. The molecule has 0 spiro atoms. The first-order chi connectivity index (χ1) is 34.9. The van der Waals surface area contributed by atoms with Gasteiger partial charge in [-0.05, 0) is 57.2 Å². The second-order valence-corrected chi connectivity index (χ2v) is 23.0. The Hall–Kier alpha value is -1.75. The Morgan fingerprint density at radius 3 is 0.915 bits per heavy atom. The highest BCUT2D eigenvalue weighted by Gasteiger charge is 2.38. The second kappa shape index (κ2) is 51.7. The lowest BCUT2D eigenvalue weighted by atomic mass is 9.83. The molecule has 0 radical (unpaired) electrons. The number of hydrogen-bond donors (Lipinski definition) is 1. The van der Waals surface area contributed by atoms with Crippen molar-refractivity contribution in [2.75, 3.05) is 19.8 Å². The molecule has 418 valence electrons. The molecule has 1 unspecified atom stereocenters. The van der Waals surface area contributed by atoms with E-state index in [1.54, 1.807) is 0 Å². The van der Waals surface area contributed by atoms with Crippen molar-refractivity contribution >= 4 is 5.97 Å². The molecule has 1 atom stereocenters. The molecule has 0 fully saturated rings. The van der Waals surface area contributed by atoms with Crippen molar-refractivity contribution in [3.8, 4) is 11.5 Å². The van der Waals surface area contributed by atoms with Gasteiger partial charge < -0.3 is 19.3 Å². The zero-order valence-corrected chi connectivity index (χ0v) is 48.7. The lowest BCUT2D eigenvalue weighted by molar-refractivity contribution is -0.156. The van der Waals surface area contributed by atoms with Gasteiger partial charge in [0, 0.05) is 6.61 Å². The third-order valence-electron chi connectivity index (χ3n) is 15.6. The molecule has 0 bridgehead atoms. The second-order valence-electron chi connectivity index (χ2n) is 23.0. The predicted octanol–water partition coefficient (Wildman–Crippen LogP) is 22.3. The van der Waals surface area contributed by atoms with E-state index >= 15 is 0 Å². The first-order valence-electron chi connectivity index (χ1n) is 32.1. The van der Waals surface area contributed by atoms with Crippen LogP contribution in [0.15, 0.2) is 18.2 Å². The average Bonchev–Trinajstić information content (AvgIpc) is 3.36. The van der Waals surface area contributed by atoms with Gasteiger partial charge in [-0.2, -0.15) is 0 Å². The van der Waals surface area contributed by atoms with Gasteiger partial charge >= 0.3 is 5.97 Å². The van der Waals surface area contributed by atoms with E-state index in [-0.39, 0.29) is 0 Å². The maximum atomic E-state index is 12.6. The van der Waals surface area contributed by atoms with Gasteiger partial charge in [0.15, 0.2) is 11.5 Å². The highest BCUT2D eigenvalue weighted by atomic mass is 16.5. The number of unbranched alkanes of at least 4 members (excludes halogenated alkanes) is 45. The van der Waals surface area contributed by atoms with Gasteiger partial charge in [0.05, 0.1) is 24.7 Å². The molecule has 1 N–H and O–H groups in total. The predicted molar refractivity (Wildman–Crippen MR) is 311 cm³/mol. The van der Waals surface area contributed by atoms with Gasteiger partial charge in [-0.1, -0.05) is 316 Å². The maximum Gasteiger partial charge on any atom is 0.311 e. The largest absolute Gasteiger partial charge is 0.490 e. The van der Waals surface area contributed by atoms with Crippen LogP contribution in [-0.4, -0.2) is 37.0 Å². The summed E-state index contributed by atoms with van der Waals surface area (Å²) in [7, 11) is 0. The molecular formula is C66H124O5. The van der Waals surface area contributed by atoms with E-state index < -0.39 is 17.5 Å². The highest BCUT2D eigenvalue weighted by Crippen LogP contribution is 2.33. The summed E-state index contributed by atoms with van der Waals surface area (Å²) in [6, 6.07) is 6.27. The van der Waals surface area contributed by atoms with Crippen LogP contribution in [-0.2, 0) is 16.0 Å². The van der Waals surface area contributed by atoms with Crippen LogP contribution in [0.4, 0.5) is 0 Å². The molecule has 0 saturated carbocycles. The Balaban J connectivity index is 2.55. The lowest BCUT2D eigenvalue weighted by Crippen LogP contribution is -2.40. The van der Waals surface area contributed by atoms with E-state index in [0.29, 0.717) is 26.2 Å². The van der Waals surface area contributed by atoms with Crippen molar-refractivity contribution in [2.24, 2.45) is 5.41 Å². The van der Waals surface area contributed by atoms with Crippen LogP contribution in [0.25, 0.3) is 0 Å². The number of aliphatic carboxylic acids is 1. The monoisotopic (exact) mass is 997 g/mol. The Morgan fingerprint density at radius 2 is 0.634 bits per heavy atom. The van der Waals surface area contributed by atoms with Gasteiger partial charge in [-0.15, -0.1) is 0 Å². The quantitative estimate of drug-likeness (QED) is 0.0659. The fraction of sp³-hybridized carbons (Fsp3) is 0.894. The minimum absolute atomic E-state index is 0.429. The topological polar surface area (TPSA) is 65.0 Å². The van der Waals surface area contributed by atoms with Crippen molar-refractivity contribution in [1.82, 2.24) is 0 Å². The number of carboxylic acids is 1. The number of carbonyl (C=O) groups is 1. The normalized spacial score (nSPS) is 12.2. The number of benzene rings is 1. The molecule has 5 heteroatoms. The number of ether oxygens (including phenoxy) is 3. The Morgan fingerprint density at radius 1 is 0.380 bits per heavy atom. The Bertz CT molecular complexity index is 1240. The van der Waals surface area contributed by atoms with Crippen molar-refractivity contribution in [1.29, 1.82) is 0 Å². The summed E-state index contributed by atoms with van der Waals surface area (Å²) in [5, 5.41) is 10.3. The van der Waals surface area contributed by atoms with Crippen LogP contribution in [0, 0.1) is 5.41 Å². The SMILES string of the molecule is CCCCCCCCCCCCCCCCCCOc1ccc(CC(OCCCCCCCCCCCCCCCCCC)C(C)(C)C(=O)O)cc1OCCCCCCCCCCCCCCCCCC. The summed E-state index contributed by atoms with van der Waals surface area (Å²) in [5.41, 5.74) is 0.0412. The van der Waals surface area contributed by atoms with Crippen LogP contribution in [0.1, 0.15) is 348 Å². The van der Waals surface area contributed by atoms with Gasteiger partial charge in [-0.3, -0.25) is 4.79 Å². The number of hydrogen-bond acceptors (Lipinski definition) is 4. The third-order valence-corrected chi connectivity index (χ3v) is 15.6. The van der Waals surface area contributed by atoms with Crippen molar-refractivity contribution in [2.45, 2.75) is 355 Å². The van der Waals surface area contributed by atoms with Crippen molar-refractivity contribution in [3.63, 3.8) is 0 Å². The zero-order chi connectivity index (χ0) is 51.4. The van der Waals surface area contributed by atoms with Crippen molar-refractivity contribution < 1.29 is 24.1 Å². The van der Waals surface area contributed by atoms with Gasteiger partial charge in [0.25, 0.3) is 0 Å². The van der Waals surface area contributed by atoms with Gasteiger partial charge in [0.1, 0.15) is 0 Å². The fourth-order valence-electron chi connectivity index (χ4n) is 10.3. The van der Waals surface area contributed by atoms with E-state index in [0.717, 1.165) is 42.7 Å². The summed E-state index contributed by atoms with van der Waals surface area (Å²) < 4.78 is 19.4. The van der Waals surface area contributed by atoms with E-state index in [9.17, 15) is 9.90 Å². The molecule has 0 heterocycles. The van der Waals surface area contributed by atoms with E-state index in [4.69, 9.17) is 14.2 Å². The standard InChI is InChI=1S/C66H124O5/c1-6-9-12-15-18-21-24-27-30-33-36-39-42-45-48-51-56-69-62-55-54-61(59-63(62)70-57-52-49-46-43-40-37-34-31-28-25-22-19-16-13-10-7-2)60-64(66(4,5)65(67)68)71-58-53-50-47-44-41-38-35-32-29-26-23-20-17-14-11-8-3/h54-55,59,64H,6-53,56-58,60H2,1-5H3,(H,67,68). The molecule has 0 aliphatic carbocycles. The smallest absolute Gasteiger partial charge is 0.311 e. The third kappa shape index (κ3) is 42.2. The van der Waals surface area contributed by atoms with Gasteiger partial charge in [0.2, 0.25) is 0 Å². The number of carboxylic acid groups (broad SMARTS) is 1. The summed E-state index contributed by atoms with van der Waals surface area (Å²) in [6.07, 6.45) is 64.9. The fourth-order valence-corrected chi connectivity index (χ4v) is 10.3. The summed E-state index contributed by atoms with van der Waals surface area (Å²) >= 11 is 0. The molecule has 5 nitrogen and oxygen atoms in total. The molecule has 1 aromatic carbocycles. The molecule has 1 rings (SSSR count). The van der Waals surface area contributed by atoms with Crippen LogP contribution in [0.3, 0.4) is 0 Å². The van der Waals surface area contributed by atoms with E-state index in [1.807, 2.05) is 13.8 Å². The molecule has 0 aliphatic rings. The maximum absolute atomic E-state index is 12.6. The average molecular weight is 998 g/mol. The lowest BCUT2D eigenvalue weighted by Gasteiger charge is -2.31. The summed E-state index contributed by atoms with van der Waals surface area (Å²) in [4.78, 5) is 12.6. The summed E-state index contributed by atoms with van der Waals surface area (Å²) in [6.45, 7) is 12.5. The summed E-state index contributed by atoms with van der Waals surface area (Å²) in [5.74, 6) is 0.798. The van der Waals surface area contributed by atoms with Gasteiger partial charge in [-0.25, -0.2) is 0 Å². The molecular weight excluding hydrogens is 873 g/mol. The highest BCUT2D eigenvalue weighted by molar-refractivity contribution is 5.74. The minimum Gasteiger partial charge on any atom is -0.490 e. The number of rotatable bonds is 58. The Labute approximate surface area is 444 Å². The molecule has 0 aliphatic heterocycles. The Kier molecular flexibility index (Phi) is 49.0. The zero-order valence-electron chi connectivity index (χ0n) is 48.7.